The Labute approximate surface area is 260 Å². The van der Waals surface area contributed by atoms with E-state index in [9.17, 15) is 9.59 Å². The van der Waals surface area contributed by atoms with Crippen molar-refractivity contribution in [3.05, 3.63) is 30.5 Å². The average molecular weight is 613 g/mol. The summed E-state index contributed by atoms with van der Waals surface area (Å²) >= 11 is 0. The largest absolute Gasteiger partial charge is 0.379 e. The zero-order chi connectivity index (χ0) is 30.0. The van der Waals surface area contributed by atoms with Gasteiger partial charge in [-0.2, -0.15) is 0 Å². The van der Waals surface area contributed by atoms with E-state index in [1.165, 1.54) is 25.7 Å². The van der Waals surface area contributed by atoms with Crippen molar-refractivity contribution in [1.29, 1.82) is 0 Å². The topological polar surface area (TPSA) is 101 Å². The Hall–Kier alpha value is -2.34. The van der Waals surface area contributed by atoms with Gasteiger partial charge in [0.1, 0.15) is 6.17 Å². The second-order valence-corrected chi connectivity index (χ2v) is 13.9. The predicted molar refractivity (Wildman–Crippen MR) is 162 cm³/mol. The van der Waals surface area contributed by atoms with Crippen LogP contribution in [0.2, 0.25) is 0 Å². The number of hydrogen-bond donors (Lipinski definition) is 2. The number of nitrogens with one attached hydrogen (secondary N) is 2. The van der Waals surface area contributed by atoms with E-state index >= 15 is 4.39 Å². The van der Waals surface area contributed by atoms with Gasteiger partial charge in [0.05, 0.1) is 55.4 Å². The predicted octanol–water partition coefficient (Wildman–Crippen LogP) is 2.30. The van der Waals surface area contributed by atoms with E-state index in [1.807, 2.05) is 17.0 Å². The number of fused-ring (bicyclic) bond motifs is 3. The molecule has 0 aromatic carbocycles. The summed E-state index contributed by atoms with van der Waals surface area (Å²) < 4.78 is 30.4. The fraction of sp³-hybridized carbons (Fsp3) is 0.788. The Balaban J connectivity index is 1.08. The van der Waals surface area contributed by atoms with Crippen LogP contribution >= 0.6 is 0 Å². The molecule has 9 atom stereocenters. The van der Waals surface area contributed by atoms with Gasteiger partial charge in [0.25, 0.3) is 5.91 Å². The third-order valence-corrected chi connectivity index (χ3v) is 11.3. The third-order valence-electron chi connectivity index (χ3n) is 11.3. The lowest BCUT2D eigenvalue weighted by atomic mass is 9.65. The number of carbonyl (C=O) groups excluding carboxylic acids is 2. The van der Waals surface area contributed by atoms with Gasteiger partial charge in [-0.05, 0) is 57.0 Å². The Bertz CT molecular complexity index is 1170. The SMILES string of the molecule is O=C(NCCCn1ccnc1)C1=CN2C3CC4CCCCC4CC3OC3C(NCCCN4CCOCC4)C(F)CC(C1=O)C32. The van der Waals surface area contributed by atoms with Gasteiger partial charge in [0, 0.05) is 50.7 Å². The number of ether oxygens (including phenoxy) is 2. The molecule has 0 spiro atoms. The summed E-state index contributed by atoms with van der Waals surface area (Å²) in [5, 5.41) is 6.52. The van der Waals surface area contributed by atoms with Crippen LogP contribution in [0.1, 0.15) is 57.8 Å². The zero-order valence-electron chi connectivity index (χ0n) is 25.8. The van der Waals surface area contributed by atoms with E-state index in [1.54, 1.807) is 12.5 Å². The number of aromatic nitrogens is 2. The van der Waals surface area contributed by atoms with Crippen LogP contribution in [-0.2, 0) is 25.6 Å². The number of nitrogens with zero attached hydrogens (tertiary/aromatic N) is 4. The molecule has 242 valence electrons. The lowest BCUT2D eigenvalue weighted by molar-refractivity contribution is -0.208. The van der Waals surface area contributed by atoms with Crippen molar-refractivity contribution in [1.82, 2.24) is 30.0 Å². The molecular formula is C33H49FN6O4. The number of morpholine rings is 2. The molecule has 2 saturated heterocycles. The Morgan fingerprint density at radius 3 is 2.64 bits per heavy atom. The minimum absolute atomic E-state index is 0.0110. The molecule has 0 bridgehead atoms. The van der Waals surface area contributed by atoms with Crippen LogP contribution in [0, 0.1) is 17.8 Å². The van der Waals surface area contributed by atoms with Gasteiger partial charge in [0.15, 0.2) is 5.78 Å². The number of Topliss-reactive ketones (excluding diaryl/α,β-unsaturated/α-hetero) is 1. The van der Waals surface area contributed by atoms with Crippen molar-refractivity contribution >= 4 is 11.7 Å². The Morgan fingerprint density at radius 1 is 1.05 bits per heavy atom. The minimum Gasteiger partial charge on any atom is -0.379 e. The molecule has 0 radical (unpaired) electrons. The van der Waals surface area contributed by atoms with E-state index in [2.05, 4.69) is 25.4 Å². The Morgan fingerprint density at radius 2 is 1.84 bits per heavy atom. The maximum atomic E-state index is 16.1. The molecule has 9 unspecified atom stereocenters. The molecule has 1 amide bonds. The van der Waals surface area contributed by atoms with Gasteiger partial charge in [0.2, 0.25) is 0 Å². The van der Waals surface area contributed by atoms with Crippen LogP contribution in [0.25, 0.3) is 0 Å². The van der Waals surface area contributed by atoms with Crippen LogP contribution in [0.4, 0.5) is 4.39 Å². The number of rotatable bonds is 10. The molecule has 11 heteroatoms. The normalized spacial score (nSPS) is 37.0. The lowest BCUT2D eigenvalue weighted by Crippen LogP contribution is -2.73. The quantitative estimate of drug-likeness (QED) is 0.307. The summed E-state index contributed by atoms with van der Waals surface area (Å²) in [4.78, 5) is 36.1. The van der Waals surface area contributed by atoms with Crippen molar-refractivity contribution in [2.45, 2.75) is 101 Å². The molecule has 3 saturated carbocycles. The monoisotopic (exact) mass is 612 g/mol. The molecule has 3 aliphatic carbocycles. The number of carbonyl (C=O) groups is 2. The van der Waals surface area contributed by atoms with E-state index in [4.69, 9.17) is 9.47 Å². The van der Waals surface area contributed by atoms with Crippen LogP contribution in [-0.4, -0.2) is 113 Å². The van der Waals surface area contributed by atoms with Gasteiger partial charge < -0.3 is 29.6 Å². The van der Waals surface area contributed by atoms with Gasteiger partial charge >= 0.3 is 0 Å². The summed E-state index contributed by atoms with van der Waals surface area (Å²) in [5.41, 5.74) is 0.183. The molecule has 2 N–H and O–H groups in total. The molecule has 1 aromatic heterocycles. The molecule has 44 heavy (non-hydrogen) atoms. The molecule has 5 fully saturated rings. The van der Waals surface area contributed by atoms with Gasteiger partial charge in [-0.15, -0.1) is 0 Å². The van der Waals surface area contributed by atoms with E-state index in [-0.39, 0.29) is 41.9 Å². The highest BCUT2D eigenvalue weighted by atomic mass is 19.1. The van der Waals surface area contributed by atoms with Gasteiger partial charge in [-0.3, -0.25) is 14.5 Å². The van der Waals surface area contributed by atoms with E-state index in [0.29, 0.717) is 24.9 Å². The maximum Gasteiger partial charge on any atom is 0.256 e. The summed E-state index contributed by atoms with van der Waals surface area (Å²) in [6.45, 7) is 6.29. The standard InChI is InChI=1S/C33H49FN6O4/c34-26-19-24-30-32(29(26)36-7-3-10-38-13-15-43-16-14-38)44-28-18-23-6-2-1-5-22(23)17-27(28)40(30)20-25(31(24)41)33(42)37-8-4-11-39-12-9-35-21-39/h9,12,20-24,26-30,32,36H,1-8,10-11,13-19H2,(H,37,42). The first-order chi connectivity index (χ1) is 21.6. The van der Waals surface area contributed by atoms with Crippen LogP contribution in [0.5, 0.6) is 0 Å². The third kappa shape index (κ3) is 6.22. The lowest BCUT2D eigenvalue weighted by Gasteiger charge is -2.61. The maximum absolute atomic E-state index is 16.1. The van der Waals surface area contributed by atoms with Gasteiger partial charge in [-0.25, -0.2) is 9.37 Å². The summed E-state index contributed by atoms with van der Waals surface area (Å²) in [5.74, 6) is 0.148. The fourth-order valence-electron chi connectivity index (χ4n) is 9.07. The first-order valence-corrected chi connectivity index (χ1v) is 17.2. The average Bonchev–Trinajstić information content (AvgIpc) is 3.57. The second-order valence-electron chi connectivity index (χ2n) is 13.9. The van der Waals surface area contributed by atoms with Crippen LogP contribution in [0.3, 0.4) is 0 Å². The number of hydrogen-bond acceptors (Lipinski definition) is 8. The van der Waals surface area contributed by atoms with Gasteiger partial charge in [-0.1, -0.05) is 25.7 Å². The number of halogens is 1. The molecule has 4 heterocycles. The minimum atomic E-state index is -1.21. The van der Waals surface area contributed by atoms with E-state index in [0.717, 1.165) is 65.1 Å². The van der Waals surface area contributed by atoms with Crippen molar-refractivity contribution in [2.24, 2.45) is 17.8 Å². The molecular weight excluding hydrogens is 563 g/mol. The zero-order valence-corrected chi connectivity index (χ0v) is 25.8. The number of alkyl halides is 1. The van der Waals surface area contributed by atoms with E-state index < -0.39 is 24.2 Å². The summed E-state index contributed by atoms with van der Waals surface area (Å²) in [6, 6.07) is -0.591. The highest BCUT2D eigenvalue weighted by molar-refractivity contribution is 6.20. The highest BCUT2D eigenvalue weighted by Gasteiger charge is 2.59. The first-order valence-electron chi connectivity index (χ1n) is 17.2. The molecule has 1 aromatic rings. The number of aryl methyl sites for hydroxylation is 1. The Kier molecular flexibility index (Phi) is 9.35. The van der Waals surface area contributed by atoms with Crippen molar-refractivity contribution in [3.63, 3.8) is 0 Å². The molecule has 6 aliphatic rings. The summed E-state index contributed by atoms with van der Waals surface area (Å²) in [6.07, 6.45) is 14.4. The first kappa shape index (κ1) is 30.3. The smallest absolute Gasteiger partial charge is 0.256 e. The molecule has 7 rings (SSSR count). The fourth-order valence-corrected chi connectivity index (χ4v) is 9.07. The molecule has 3 aliphatic heterocycles. The molecule has 10 nitrogen and oxygen atoms in total. The van der Waals surface area contributed by atoms with Crippen molar-refractivity contribution in [3.8, 4) is 0 Å². The van der Waals surface area contributed by atoms with Crippen LogP contribution < -0.4 is 10.6 Å². The van der Waals surface area contributed by atoms with Crippen molar-refractivity contribution < 1.29 is 23.5 Å². The highest BCUT2D eigenvalue weighted by Crippen LogP contribution is 2.50. The number of amides is 1. The second kappa shape index (κ2) is 13.6. The summed E-state index contributed by atoms with van der Waals surface area (Å²) in [7, 11) is 0. The van der Waals surface area contributed by atoms with Crippen molar-refractivity contribution in [2.75, 3.05) is 45.9 Å². The number of imidazole rings is 1. The number of ketones is 1. The van der Waals surface area contributed by atoms with Crippen LogP contribution in [0.15, 0.2) is 30.5 Å².